The number of aromatic nitrogens is 3. The molecule has 0 N–H and O–H groups in total. The van der Waals surface area contributed by atoms with Crippen LogP contribution in [0, 0.1) is 0 Å². The van der Waals surface area contributed by atoms with Crippen LogP contribution in [0.4, 0.5) is 0 Å². The molecule has 0 amide bonds. The van der Waals surface area contributed by atoms with Gasteiger partial charge < -0.3 is 14.2 Å². The lowest BCUT2D eigenvalue weighted by Gasteiger charge is -2.06. The summed E-state index contributed by atoms with van der Waals surface area (Å²) in [4.78, 5) is 11.0. The van der Waals surface area contributed by atoms with Crippen molar-refractivity contribution in [3.8, 4) is 0 Å². The van der Waals surface area contributed by atoms with E-state index in [-0.39, 0.29) is 5.78 Å². The molecular formula is C14H25N3O4. The van der Waals surface area contributed by atoms with Gasteiger partial charge in [0.1, 0.15) is 5.69 Å². The summed E-state index contributed by atoms with van der Waals surface area (Å²) in [5.41, 5.74) is 0.376. The van der Waals surface area contributed by atoms with Gasteiger partial charge in [0.2, 0.25) is 0 Å². The molecular weight excluding hydrogens is 274 g/mol. The van der Waals surface area contributed by atoms with Gasteiger partial charge in [-0.25, -0.2) is 4.68 Å². The molecule has 7 heteroatoms. The standard InChI is InChI=1S/C14H25N3O4/c1-3-4-6-19-8-10-21-11-9-20-7-5-17-12-14(13(2)18)15-16-17/h12H,3-11H2,1-2H3. The molecule has 21 heavy (non-hydrogen) atoms. The van der Waals surface area contributed by atoms with Crippen molar-refractivity contribution in [3.05, 3.63) is 11.9 Å². The highest BCUT2D eigenvalue weighted by atomic mass is 16.5. The first-order valence-corrected chi connectivity index (χ1v) is 7.38. The van der Waals surface area contributed by atoms with Gasteiger partial charge in [-0.3, -0.25) is 4.79 Å². The van der Waals surface area contributed by atoms with E-state index in [2.05, 4.69) is 17.2 Å². The molecule has 0 saturated carbocycles. The summed E-state index contributed by atoms with van der Waals surface area (Å²) >= 11 is 0. The molecule has 0 aliphatic carbocycles. The Morgan fingerprint density at radius 2 is 1.71 bits per heavy atom. The molecule has 1 aromatic rings. The van der Waals surface area contributed by atoms with Crippen molar-refractivity contribution in [2.75, 3.05) is 39.6 Å². The number of rotatable bonds is 13. The molecule has 0 unspecified atom stereocenters. The maximum absolute atomic E-state index is 11.0. The van der Waals surface area contributed by atoms with Gasteiger partial charge in [0.25, 0.3) is 0 Å². The Morgan fingerprint density at radius 1 is 1.10 bits per heavy atom. The number of hydrogen-bond acceptors (Lipinski definition) is 6. The summed E-state index contributed by atoms with van der Waals surface area (Å²) in [6, 6.07) is 0. The predicted molar refractivity (Wildman–Crippen MR) is 77.4 cm³/mol. The number of nitrogens with zero attached hydrogens (tertiary/aromatic N) is 3. The molecule has 1 aromatic heterocycles. The lowest BCUT2D eigenvalue weighted by Crippen LogP contribution is -2.12. The fourth-order valence-corrected chi connectivity index (χ4v) is 1.52. The normalized spacial score (nSPS) is 11.0. The van der Waals surface area contributed by atoms with Crippen molar-refractivity contribution in [2.24, 2.45) is 0 Å². The molecule has 120 valence electrons. The first kappa shape index (κ1) is 17.7. The van der Waals surface area contributed by atoms with Crippen LogP contribution in [-0.4, -0.2) is 60.4 Å². The quantitative estimate of drug-likeness (QED) is 0.404. The van der Waals surface area contributed by atoms with Crippen molar-refractivity contribution in [1.82, 2.24) is 15.0 Å². The van der Waals surface area contributed by atoms with Gasteiger partial charge in [-0.1, -0.05) is 18.6 Å². The predicted octanol–water partition coefficient (Wildman–Crippen LogP) is 1.33. The Labute approximate surface area is 125 Å². The Bertz CT molecular complexity index is 395. The third-order valence-electron chi connectivity index (χ3n) is 2.75. The van der Waals surface area contributed by atoms with Gasteiger partial charge in [0.15, 0.2) is 5.78 Å². The smallest absolute Gasteiger partial charge is 0.181 e. The molecule has 0 spiro atoms. The topological polar surface area (TPSA) is 75.5 Å². The Hall–Kier alpha value is -1.31. The van der Waals surface area contributed by atoms with E-state index in [1.807, 2.05) is 0 Å². The van der Waals surface area contributed by atoms with Gasteiger partial charge in [0, 0.05) is 13.5 Å². The van der Waals surface area contributed by atoms with E-state index < -0.39 is 0 Å². The molecule has 0 bridgehead atoms. The summed E-state index contributed by atoms with van der Waals surface area (Å²) in [5.74, 6) is -0.0864. The Balaban J connectivity index is 1.89. The molecule has 1 heterocycles. The lowest BCUT2D eigenvalue weighted by molar-refractivity contribution is 0.0123. The van der Waals surface area contributed by atoms with E-state index in [1.54, 1.807) is 10.9 Å². The van der Waals surface area contributed by atoms with Gasteiger partial charge in [0.05, 0.1) is 45.8 Å². The van der Waals surface area contributed by atoms with E-state index in [0.717, 1.165) is 19.4 Å². The molecule has 0 aromatic carbocycles. The number of carbonyl (C=O) groups is 1. The van der Waals surface area contributed by atoms with Crippen LogP contribution in [0.1, 0.15) is 37.2 Å². The van der Waals surface area contributed by atoms with Crippen LogP contribution in [0.25, 0.3) is 0 Å². The van der Waals surface area contributed by atoms with E-state index in [4.69, 9.17) is 14.2 Å². The summed E-state index contributed by atoms with van der Waals surface area (Å²) in [6.45, 7) is 7.79. The zero-order chi connectivity index (χ0) is 15.3. The first-order chi connectivity index (χ1) is 10.2. The Kier molecular flexibility index (Phi) is 9.60. The summed E-state index contributed by atoms with van der Waals surface area (Å²) in [6.07, 6.45) is 3.86. The minimum absolute atomic E-state index is 0.0864. The van der Waals surface area contributed by atoms with Gasteiger partial charge in [-0.05, 0) is 6.42 Å². The van der Waals surface area contributed by atoms with E-state index in [0.29, 0.717) is 45.3 Å². The van der Waals surface area contributed by atoms with Crippen molar-refractivity contribution in [3.63, 3.8) is 0 Å². The van der Waals surface area contributed by atoms with Crippen molar-refractivity contribution in [1.29, 1.82) is 0 Å². The van der Waals surface area contributed by atoms with Crippen molar-refractivity contribution >= 4 is 5.78 Å². The SMILES string of the molecule is CCCCOCCOCCOCCn1cc(C(C)=O)nn1. The third-order valence-corrected chi connectivity index (χ3v) is 2.75. The van der Waals surface area contributed by atoms with Crippen LogP contribution in [0.5, 0.6) is 0 Å². The third kappa shape index (κ3) is 8.54. The van der Waals surface area contributed by atoms with Crippen LogP contribution < -0.4 is 0 Å². The van der Waals surface area contributed by atoms with Crippen LogP contribution in [-0.2, 0) is 20.8 Å². The highest BCUT2D eigenvalue weighted by molar-refractivity contribution is 5.91. The molecule has 0 aliphatic rings. The zero-order valence-electron chi connectivity index (χ0n) is 12.9. The van der Waals surface area contributed by atoms with Gasteiger partial charge >= 0.3 is 0 Å². The van der Waals surface area contributed by atoms with Crippen LogP contribution >= 0.6 is 0 Å². The second-order valence-corrected chi connectivity index (χ2v) is 4.61. The zero-order valence-corrected chi connectivity index (χ0v) is 12.9. The maximum atomic E-state index is 11.0. The molecule has 0 saturated heterocycles. The Morgan fingerprint density at radius 3 is 2.29 bits per heavy atom. The van der Waals surface area contributed by atoms with Crippen molar-refractivity contribution in [2.45, 2.75) is 33.2 Å². The monoisotopic (exact) mass is 299 g/mol. The average Bonchev–Trinajstić information content (AvgIpc) is 2.94. The fourth-order valence-electron chi connectivity index (χ4n) is 1.52. The highest BCUT2D eigenvalue weighted by Crippen LogP contribution is 1.94. The van der Waals surface area contributed by atoms with E-state index in [9.17, 15) is 4.79 Å². The van der Waals surface area contributed by atoms with Crippen LogP contribution in [0.15, 0.2) is 6.20 Å². The van der Waals surface area contributed by atoms with Crippen LogP contribution in [0.3, 0.4) is 0 Å². The molecule has 1 rings (SSSR count). The minimum Gasteiger partial charge on any atom is -0.379 e. The molecule has 0 aliphatic heterocycles. The average molecular weight is 299 g/mol. The van der Waals surface area contributed by atoms with Gasteiger partial charge in [-0.15, -0.1) is 5.10 Å². The van der Waals surface area contributed by atoms with Crippen LogP contribution in [0.2, 0.25) is 0 Å². The molecule has 0 fully saturated rings. The second kappa shape index (κ2) is 11.4. The lowest BCUT2D eigenvalue weighted by atomic mass is 10.3. The summed E-state index contributed by atoms with van der Waals surface area (Å²) in [5, 5.41) is 7.59. The van der Waals surface area contributed by atoms with Crippen molar-refractivity contribution < 1.29 is 19.0 Å². The summed E-state index contributed by atoms with van der Waals surface area (Å²) < 4.78 is 17.8. The fraction of sp³-hybridized carbons (Fsp3) is 0.786. The highest BCUT2D eigenvalue weighted by Gasteiger charge is 2.04. The molecule has 0 atom stereocenters. The minimum atomic E-state index is -0.0864. The molecule has 0 radical (unpaired) electrons. The summed E-state index contributed by atoms with van der Waals surface area (Å²) in [7, 11) is 0. The number of Topliss-reactive ketones (excluding diaryl/α,β-unsaturated/α-hetero) is 1. The number of ether oxygens (including phenoxy) is 3. The first-order valence-electron chi connectivity index (χ1n) is 7.38. The van der Waals surface area contributed by atoms with Gasteiger partial charge in [-0.2, -0.15) is 0 Å². The number of hydrogen-bond donors (Lipinski definition) is 0. The largest absolute Gasteiger partial charge is 0.379 e. The number of unbranched alkanes of at least 4 members (excludes halogenated alkanes) is 1. The maximum Gasteiger partial charge on any atom is 0.181 e. The second-order valence-electron chi connectivity index (χ2n) is 4.61. The van der Waals surface area contributed by atoms with E-state index >= 15 is 0 Å². The van der Waals surface area contributed by atoms with E-state index in [1.165, 1.54) is 6.92 Å². The number of carbonyl (C=O) groups excluding carboxylic acids is 1. The number of ketones is 1. The molecule has 7 nitrogen and oxygen atoms in total.